The SMILES string of the molecule is Cc1ccc(C)c(NS(=O)(=O)c2ccc(NC(=O)c3ccc(CN4CCOCC4)cc3)cc2)c1. The molecule has 34 heavy (non-hydrogen) atoms. The molecule has 7 nitrogen and oxygen atoms in total. The van der Waals surface area contributed by atoms with E-state index in [9.17, 15) is 13.2 Å². The van der Waals surface area contributed by atoms with E-state index in [-0.39, 0.29) is 10.8 Å². The van der Waals surface area contributed by atoms with Crippen molar-refractivity contribution >= 4 is 27.3 Å². The second-order valence-electron chi connectivity index (χ2n) is 8.49. The van der Waals surface area contributed by atoms with Gasteiger partial charge in [0.15, 0.2) is 0 Å². The summed E-state index contributed by atoms with van der Waals surface area (Å²) < 4.78 is 33.6. The van der Waals surface area contributed by atoms with Crippen LogP contribution in [0.2, 0.25) is 0 Å². The van der Waals surface area contributed by atoms with Gasteiger partial charge < -0.3 is 10.1 Å². The molecule has 0 aromatic heterocycles. The first-order chi connectivity index (χ1) is 16.3. The number of carbonyl (C=O) groups excluding carboxylic acids is 1. The van der Waals surface area contributed by atoms with Crippen molar-refractivity contribution in [3.05, 3.63) is 89.0 Å². The molecule has 8 heteroatoms. The van der Waals surface area contributed by atoms with Gasteiger partial charge in [-0.3, -0.25) is 14.4 Å². The summed E-state index contributed by atoms with van der Waals surface area (Å²) >= 11 is 0. The predicted octanol–water partition coefficient (Wildman–Crippen LogP) is 4.19. The summed E-state index contributed by atoms with van der Waals surface area (Å²) in [4.78, 5) is 15.1. The van der Waals surface area contributed by atoms with Crippen LogP contribution in [0.5, 0.6) is 0 Å². The summed E-state index contributed by atoms with van der Waals surface area (Å²) in [5.41, 5.74) is 4.57. The molecule has 3 aromatic rings. The fraction of sp³-hybridized carbons (Fsp3) is 0.269. The first kappa shape index (κ1) is 23.9. The Labute approximate surface area is 200 Å². The van der Waals surface area contributed by atoms with Crippen LogP contribution in [0, 0.1) is 13.8 Å². The molecule has 0 spiro atoms. The maximum absolute atomic E-state index is 12.8. The van der Waals surface area contributed by atoms with Crippen LogP contribution >= 0.6 is 0 Å². The number of anilines is 2. The van der Waals surface area contributed by atoms with Crippen LogP contribution in [-0.2, 0) is 21.3 Å². The molecule has 178 valence electrons. The Morgan fingerprint density at radius 3 is 2.29 bits per heavy atom. The second-order valence-corrected chi connectivity index (χ2v) is 10.2. The van der Waals surface area contributed by atoms with Gasteiger partial charge in [0.1, 0.15) is 0 Å². The van der Waals surface area contributed by atoms with Crippen molar-refractivity contribution in [1.82, 2.24) is 4.90 Å². The van der Waals surface area contributed by atoms with Crippen LogP contribution in [0.3, 0.4) is 0 Å². The third kappa shape index (κ3) is 6.02. The van der Waals surface area contributed by atoms with Gasteiger partial charge in [0.25, 0.3) is 15.9 Å². The third-order valence-corrected chi connectivity index (χ3v) is 7.17. The highest BCUT2D eigenvalue weighted by molar-refractivity contribution is 7.92. The lowest BCUT2D eigenvalue weighted by molar-refractivity contribution is 0.0342. The highest BCUT2D eigenvalue weighted by atomic mass is 32.2. The zero-order valence-corrected chi connectivity index (χ0v) is 20.2. The molecule has 0 bridgehead atoms. The molecule has 2 N–H and O–H groups in total. The van der Waals surface area contributed by atoms with Crippen molar-refractivity contribution in [2.75, 3.05) is 36.3 Å². The Kier molecular flexibility index (Phi) is 7.31. The van der Waals surface area contributed by atoms with Crippen molar-refractivity contribution in [2.45, 2.75) is 25.3 Å². The molecule has 0 radical (unpaired) electrons. The number of nitrogens with one attached hydrogen (secondary N) is 2. The Morgan fingerprint density at radius 1 is 0.941 bits per heavy atom. The molecule has 1 fully saturated rings. The van der Waals surface area contributed by atoms with Crippen LogP contribution in [-0.4, -0.2) is 45.5 Å². The highest BCUT2D eigenvalue weighted by Gasteiger charge is 2.16. The van der Waals surface area contributed by atoms with Crippen molar-refractivity contribution < 1.29 is 17.9 Å². The minimum absolute atomic E-state index is 0.124. The summed E-state index contributed by atoms with van der Waals surface area (Å²) in [6, 6.07) is 19.3. The number of rotatable bonds is 7. The average molecular weight is 480 g/mol. The number of carbonyl (C=O) groups is 1. The van der Waals surface area contributed by atoms with E-state index in [0.717, 1.165) is 49.5 Å². The molecule has 3 aromatic carbocycles. The molecule has 1 saturated heterocycles. The van der Waals surface area contributed by atoms with Crippen molar-refractivity contribution in [2.24, 2.45) is 0 Å². The van der Waals surface area contributed by atoms with Gasteiger partial charge >= 0.3 is 0 Å². The van der Waals surface area contributed by atoms with E-state index >= 15 is 0 Å². The molecule has 1 heterocycles. The van der Waals surface area contributed by atoms with Gasteiger partial charge in [-0.1, -0.05) is 24.3 Å². The summed E-state index contributed by atoms with van der Waals surface area (Å²) in [7, 11) is -3.74. The first-order valence-electron chi connectivity index (χ1n) is 11.2. The van der Waals surface area contributed by atoms with Gasteiger partial charge in [-0.25, -0.2) is 8.42 Å². The van der Waals surface area contributed by atoms with Gasteiger partial charge in [0.2, 0.25) is 0 Å². The van der Waals surface area contributed by atoms with Crippen LogP contribution in [0.4, 0.5) is 11.4 Å². The molecule has 1 aliphatic heterocycles. The van der Waals surface area contributed by atoms with E-state index in [1.165, 1.54) is 12.1 Å². The summed E-state index contributed by atoms with van der Waals surface area (Å²) in [5.74, 6) is -0.248. The number of ether oxygens (including phenoxy) is 1. The topological polar surface area (TPSA) is 87.7 Å². The Hall–Kier alpha value is -3.20. The maximum atomic E-state index is 12.8. The smallest absolute Gasteiger partial charge is 0.261 e. The quantitative estimate of drug-likeness (QED) is 0.531. The number of benzene rings is 3. The highest BCUT2D eigenvalue weighted by Crippen LogP contribution is 2.22. The number of sulfonamides is 1. The Bertz CT molecular complexity index is 1250. The summed E-state index contributed by atoms with van der Waals surface area (Å²) in [6.07, 6.45) is 0. The predicted molar refractivity (Wildman–Crippen MR) is 134 cm³/mol. The number of aryl methyl sites for hydroxylation is 2. The number of amides is 1. The van der Waals surface area contributed by atoms with E-state index in [1.54, 1.807) is 30.3 Å². The molecular weight excluding hydrogens is 450 g/mol. The molecule has 0 saturated carbocycles. The summed E-state index contributed by atoms with van der Waals surface area (Å²) in [5, 5.41) is 2.82. The van der Waals surface area contributed by atoms with E-state index in [2.05, 4.69) is 14.9 Å². The van der Waals surface area contributed by atoms with E-state index < -0.39 is 10.0 Å². The number of nitrogens with zero attached hydrogens (tertiary/aromatic N) is 1. The van der Waals surface area contributed by atoms with Crippen molar-refractivity contribution in [1.29, 1.82) is 0 Å². The van der Waals surface area contributed by atoms with Crippen molar-refractivity contribution in [3.63, 3.8) is 0 Å². The lowest BCUT2D eigenvalue weighted by Gasteiger charge is -2.26. The molecule has 0 atom stereocenters. The Balaban J connectivity index is 1.38. The number of hydrogen-bond donors (Lipinski definition) is 2. The van der Waals surface area contributed by atoms with Crippen LogP contribution in [0.1, 0.15) is 27.0 Å². The lowest BCUT2D eigenvalue weighted by atomic mass is 10.1. The molecule has 0 aliphatic carbocycles. The zero-order valence-electron chi connectivity index (χ0n) is 19.4. The molecule has 1 amide bonds. The number of morpholine rings is 1. The molecular formula is C26H29N3O4S. The van der Waals surface area contributed by atoms with E-state index in [0.29, 0.717) is 16.9 Å². The monoisotopic (exact) mass is 479 g/mol. The minimum atomic E-state index is -3.74. The van der Waals surface area contributed by atoms with Gasteiger partial charge in [-0.2, -0.15) is 0 Å². The minimum Gasteiger partial charge on any atom is -0.379 e. The molecule has 4 rings (SSSR count). The first-order valence-corrected chi connectivity index (χ1v) is 12.7. The van der Waals surface area contributed by atoms with E-state index in [1.807, 2.05) is 38.1 Å². The van der Waals surface area contributed by atoms with Crippen molar-refractivity contribution in [3.8, 4) is 0 Å². The standard InChI is InChI=1S/C26H29N3O4S/c1-19-3-4-20(2)25(17-19)28-34(31,32)24-11-9-23(10-12-24)27-26(30)22-7-5-21(6-8-22)18-29-13-15-33-16-14-29/h3-12,17,28H,13-16,18H2,1-2H3,(H,27,30). The number of hydrogen-bond acceptors (Lipinski definition) is 5. The normalized spacial score (nSPS) is 14.5. The third-order valence-electron chi connectivity index (χ3n) is 5.79. The van der Waals surface area contributed by atoms with E-state index in [4.69, 9.17) is 4.74 Å². The van der Waals surface area contributed by atoms with Gasteiger partial charge in [0, 0.05) is 30.9 Å². The fourth-order valence-corrected chi connectivity index (χ4v) is 4.87. The molecule has 0 unspecified atom stereocenters. The maximum Gasteiger partial charge on any atom is 0.261 e. The van der Waals surface area contributed by atoms with Gasteiger partial charge in [-0.05, 0) is 73.0 Å². The second kappa shape index (κ2) is 10.4. The lowest BCUT2D eigenvalue weighted by Crippen LogP contribution is -2.35. The fourth-order valence-electron chi connectivity index (χ4n) is 3.75. The average Bonchev–Trinajstić information content (AvgIpc) is 2.83. The van der Waals surface area contributed by atoms with Crippen LogP contribution in [0.15, 0.2) is 71.6 Å². The summed E-state index contributed by atoms with van der Waals surface area (Å²) in [6.45, 7) is 7.92. The Morgan fingerprint density at radius 2 is 1.62 bits per heavy atom. The van der Waals surface area contributed by atoms with Gasteiger partial charge in [0.05, 0.1) is 23.8 Å². The van der Waals surface area contributed by atoms with Crippen LogP contribution in [0.25, 0.3) is 0 Å². The van der Waals surface area contributed by atoms with Crippen LogP contribution < -0.4 is 10.0 Å². The largest absolute Gasteiger partial charge is 0.379 e. The van der Waals surface area contributed by atoms with Gasteiger partial charge in [-0.15, -0.1) is 0 Å². The molecule has 1 aliphatic rings. The zero-order chi connectivity index (χ0) is 24.1.